The number of carboxylic acid groups (broad SMARTS) is 2. The van der Waals surface area contributed by atoms with Crippen LogP contribution in [0.2, 0.25) is 0 Å². The van der Waals surface area contributed by atoms with Crippen molar-refractivity contribution in [2.75, 3.05) is 0 Å². The van der Waals surface area contributed by atoms with Crippen molar-refractivity contribution in [2.24, 2.45) is 0 Å². The van der Waals surface area contributed by atoms with E-state index in [-0.39, 0.29) is 0 Å². The fourth-order valence-electron chi connectivity index (χ4n) is 5.15. The molecule has 0 aromatic heterocycles. The Bertz CT molecular complexity index is 421. The first kappa shape index (κ1) is 34.9. The van der Waals surface area contributed by atoms with Crippen molar-refractivity contribution in [3.8, 4) is 0 Å². The van der Waals surface area contributed by atoms with E-state index in [4.69, 9.17) is 10.2 Å². The Morgan fingerprint density at radius 1 is 0.250 bits per heavy atom. The summed E-state index contributed by atoms with van der Waals surface area (Å²) in [7, 11) is 0. The summed E-state index contributed by atoms with van der Waals surface area (Å²) in [5, 5.41) is 17.2. The number of aliphatic carboxylic acids is 2. The molecule has 0 fully saturated rings. The van der Waals surface area contributed by atoms with Gasteiger partial charge in [0.1, 0.15) is 0 Å². The van der Waals surface area contributed by atoms with Crippen LogP contribution < -0.4 is 0 Å². The first-order chi connectivity index (χ1) is 17.6. The summed E-state index contributed by atoms with van der Waals surface area (Å²) >= 11 is 0. The van der Waals surface area contributed by atoms with Crippen molar-refractivity contribution in [1.29, 1.82) is 0 Å². The third kappa shape index (κ3) is 32.9. The van der Waals surface area contributed by atoms with Gasteiger partial charge in [0.2, 0.25) is 0 Å². The Morgan fingerprint density at radius 3 is 0.472 bits per heavy atom. The lowest BCUT2D eigenvalue weighted by atomic mass is 10.0. The second-order valence-electron chi connectivity index (χ2n) is 11.2. The highest BCUT2D eigenvalue weighted by molar-refractivity contribution is 5.66. The minimum Gasteiger partial charge on any atom is -0.481 e. The molecule has 0 aliphatic rings. The first-order valence-electron chi connectivity index (χ1n) is 16.1. The van der Waals surface area contributed by atoms with Gasteiger partial charge in [-0.25, -0.2) is 0 Å². The zero-order chi connectivity index (χ0) is 26.4. The summed E-state index contributed by atoms with van der Waals surface area (Å²) in [6, 6.07) is 0. The molecule has 2 N–H and O–H groups in total. The molecule has 0 aliphatic carbocycles. The largest absolute Gasteiger partial charge is 0.481 e. The van der Waals surface area contributed by atoms with E-state index in [1.54, 1.807) is 0 Å². The lowest BCUT2D eigenvalue weighted by Gasteiger charge is -2.04. The molecule has 4 heteroatoms. The quantitative estimate of drug-likeness (QED) is 0.0909. The molecule has 0 rings (SSSR count). The number of carbonyl (C=O) groups is 2. The van der Waals surface area contributed by atoms with Crippen molar-refractivity contribution < 1.29 is 19.8 Å². The van der Waals surface area contributed by atoms with Gasteiger partial charge < -0.3 is 10.2 Å². The smallest absolute Gasteiger partial charge is 0.303 e. The molecule has 0 heterocycles. The average Bonchev–Trinajstić information content (AvgIpc) is 2.85. The molecule has 4 nitrogen and oxygen atoms in total. The highest BCUT2D eigenvalue weighted by Crippen LogP contribution is 2.16. The second kappa shape index (κ2) is 30.2. The zero-order valence-corrected chi connectivity index (χ0v) is 23.9. The molecule has 0 spiro atoms. The molecular weight excluding hydrogens is 448 g/mol. The van der Waals surface area contributed by atoms with Gasteiger partial charge >= 0.3 is 11.9 Å². The lowest BCUT2D eigenvalue weighted by molar-refractivity contribution is -0.138. The predicted octanol–water partition coefficient (Wildman–Crippen LogP) is 10.9. The molecule has 0 amide bonds. The summed E-state index contributed by atoms with van der Waals surface area (Å²) in [5.41, 5.74) is 0. The highest BCUT2D eigenvalue weighted by atomic mass is 16.4. The van der Waals surface area contributed by atoms with Crippen LogP contribution in [0.4, 0.5) is 0 Å². The number of carboxylic acids is 2. The van der Waals surface area contributed by atoms with Crippen LogP contribution in [-0.4, -0.2) is 22.2 Å². The van der Waals surface area contributed by atoms with E-state index in [2.05, 4.69) is 0 Å². The van der Waals surface area contributed by atoms with E-state index < -0.39 is 11.9 Å². The molecular formula is C32H62O4. The normalized spacial score (nSPS) is 11.2. The Hall–Kier alpha value is -1.06. The standard InChI is InChI=1S/C32H62O4/c33-31(34)29-27-25-23-21-19-17-15-13-11-9-7-5-3-1-2-4-6-8-10-12-14-16-18-20-22-24-26-28-30-32(35)36/h1-30H2,(H,33,34)(H,35,36). The maximum atomic E-state index is 10.5. The van der Waals surface area contributed by atoms with Crippen molar-refractivity contribution >= 4 is 11.9 Å². The number of rotatable bonds is 31. The summed E-state index contributed by atoms with van der Waals surface area (Å²) in [6.45, 7) is 0. The van der Waals surface area contributed by atoms with Gasteiger partial charge in [-0.05, 0) is 12.8 Å². The SMILES string of the molecule is O=C(O)CCCCCCCCCCCCCCCCCCCCCCCCCCCCCCC(=O)O. The molecule has 0 aromatic rings. The monoisotopic (exact) mass is 510 g/mol. The summed E-state index contributed by atoms with van der Waals surface area (Å²) < 4.78 is 0. The van der Waals surface area contributed by atoms with E-state index in [0.29, 0.717) is 12.8 Å². The third-order valence-electron chi connectivity index (χ3n) is 7.53. The molecule has 214 valence electrons. The van der Waals surface area contributed by atoms with E-state index in [1.807, 2.05) is 0 Å². The van der Waals surface area contributed by atoms with Crippen LogP contribution >= 0.6 is 0 Å². The minimum absolute atomic E-state index is 0.337. The molecule has 0 saturated carbocycles. The maximum absolute atomic E-state index is 10.5. The van der Waals surface area contributed by atoms with Gasteiger partial charge in [0.15, 0.2) is 0 Å². The van der Waals surface area contributed by atoms with Crippen LogP contribution in [0.5, 0.6) is 0 Å². The van der Waals surface area contributed by atoms with Gasteiger partial charge in [-0.15, -0.1) is 0 Å². The lowest BCUT2D eigenvalue weighted by Crippen LogP contribution is -1.93. The Balaban J connectivity index is 3.03. The van der Waals surface area contributed by atoms with Gasteiger partial charge in [-0.3, -0.25) is 9.59 Å². The molecule has 0 bridgehead atoms. The van der Waals surface area contributed by atoms with Gasteiger partial charge in [-0.2, -0.15) is 0 Å². The molecule has 0 aromatic carbocycles. The average molecular weight is 511 g/mol. The summed E-state index contributed by atoms with van der Waals surface area (Å²) in [4.78, 5) is 20.9. The third-order valence-corrected chi connectivity index (χ3v) is 7.53. The number of unbranched alkanes of at least 4 members (excludes halogenated alkanes) is 27. The fraction of sp³-hybridized carbons (Fsp3) is 0.938. The highest BCUT2D eigenvalue weighted by Gasteiger charge is 1.99. The van der Waals surface area contributed by atoms with Crippen molar-refractivity contribution in [1.82, 2.24) is 0 Å². The number of hydrogen-bond acceptors (Lipinski definition) is 2. The molecule has 0 aliphatic heterocycles. The summed E-state index contributed by atoms with van der Waals surface area (Å²) in [6.07, 6.45) is 37.5. The van der Waals surface area contributed by atoms with Gasteiger partial charge in [0.05, 0.1) is 0 Å². The van der Waals surface area contributed by atoms with Crippen molar-refractivity contribution in [3.63, 3.8) is 0 Å². The first-order valence-corrected chi connectivity index (χ1v) is 16.1. The topological polar surface area (TPSA) is 74.6 Å². The molecule has 0 radical (unpaired) electrons. The van der Waals surface area contributed by atoms with Crippen LogP contribution in [0, 0.1) is 0 Å². The van der Waals surface area contributed by atoms with Crippen LogP contribution in [0.15, 0.2) is 0 Å². The molecule has 0 saturated heterocycles. The van der Waals surface area contributed by atoms with E-state index in [9.17, 15) is 9.59 Å². The van der Waals surface area contributed by atoms with Gasteiger partial charge in [0, 0.05) is 12.8 Å². The van der Waals surface area contributed by atoms with E-state index in [1.165, 1.54) is 154 Å². The molecule has 36 heavy (non-hydrogen) atoms. The summed E-state index contributed by atoms with van der Waals surface area (Å²) in [5.74, 6) is -1.31. The second-order valence-corrected chi connectivity index (χ2v) is 11.2. The van der Waals surface area contributed by atoms with Crippen LogP contribution in [-0.2, 0) is 9.59 Å². The number of hydrogen-bond donors (Lipinski definition) is 2. The maximum Gasteiger partial charge on any atom is 0.303 e. The van der Waals surface area contributed by atoms with Gasteiger partial charge in [-0.1, -0.05) is 167 Å². The van der Waals surface area contributed by atoms with Gasteiger partial charge in [0.25, 0.3) is 0 Å². The van der Waals surface area contributed by atoms with E-state index in [0.717, 1.165) is 25.7 Å². The Labute approximate surface area is 224 Å². The van der Waals surface area contributed by atoms with E-state index >= 15 is 0 Å². The zero-order valence-electron chi connectivity index (χ0n) is 23.9. The minimum atomic E-state index is -0.657. The van der Waals surface area contributed by atoms with Crippen LogP contribution in [0.1, 0.15) is 193 Å². The Morgan fingerprint density at radius 2 is 0.361 bits per heavy atom. The van der Waals surface area contributed by atoms with Crippen molar-refractivity contribution in [3.05, 3.63) is 0 Å². The molecule has 0 unspecified atom stereocenters. The van der Waals surface area contributed by atoms with Crippen LogP contribution in [0.25, 0.3) is 0 Å². The fourth-order valence-corrected chi connectivity index (χ4v) is 5.15. The van der Waals surface area contributed by atoms with Crippen molar-refractivity contribution in [2.45, 2.75) is 193 Å². The Kier molecular flexibility index (Phi) is 29.3. The molecule has 0 atom stereocenters. The van der Waals surface area contributed by atoms with Crippen LogP contribution in [0.3, 0.4) is 0 Å². The predicted molar refractivity (Wildman–Crippen MR) is 154 cm³/mol.